The molecule has 1 amide bonds. The van der Waals surface area contributed by atoms with E-state index in [-0.39, 0.29) is 17.9 Å². The van der Waals surface area contributed by atoms with E-state index in [1.54, 1.807) is 12.1 Å². The van der Waals surface area contributed by atoms with Crippen molar-refractivity contribution < 1.29 is 13.2 Å². The Kier molecular flexibility index (Phi) is 4.63. The molecule has 1 aromatic carbocycles. The Morgan fingerprint density at radius 2 is 2.05 bits per heavy atom. The van der Waals surface area contributed by atoms with Crippen molar-refractivity contribution in [1.82, 2.24) is 4.90 Å². The standard InChI is InChI=1S/C15H18N2O3S/c1-17(9-3-8-16)15(18)11-21(19,20)14-7-6-12-4-2-5-13(12)10-14/h6-7,10H,2-5,9,11H2,1H3. The average Bonchev–Trinajstić information content (AvgIpc) is 2.91. The summed E-state index contributed by atoms with van der Waals surface area (Å²) in [5.41, 5.74) is 2.27. The molecule has 6 heteroatoms. The summed E-state index contributed by atoms with van der Waals surface area (Å²) in [7, 11) is -2.11. The number of amides is 1. The van der Waals surface area contributed by atoms with Gasteiger partial charge < -0.3 is 4.90 Å². The van der Waals surface area contributed by atoms with E-state index in [1.165, 1.54) is 17.5 Å². The van der Waals surface area contributed by atoms with Crippen LogP contribution in [0.5, 0.6) is 0 Å². The maximum atomic E-state index is 12.3. The number of sulfone groups is 1. The van der Waals surface area contributed by atoms with Crippen LogP contribution in [0.3, 0.4) is 0 Å². The monoisotopic (exact) mass is 306 g/mol. The first-order chi connectivity index (χ1) is 9.94. The van der Waals surface area contributed by atoms with Gasteiger partial charge in [0, 0.05) is 13.6 Å². The number of fused-ring (bicyclic) bond motifs is 1. The molecular formula is C15H18N2O3S. The van der Waals surface area contributed by atoms with Crippen molar-refractivity contribution >= 4 is 15.7 Å². The number of carbonyl (C=O) groups excluding carboxylic acids is 1. The highest BCUT2D eigenvalue weighted by Gasteiger charge is 2.23. The van der Waals surface area contributed by atoms with Crippen LogP contribution in [-0.2, 0) is 27.5 Å². The molecule has 0 saturated carbocycles. The van der Waals surface area contributed by atoms with E-state index in [9.17, 15) is 13.2 Å². The van der Waals surface area contributed by atoms with Crippen molar-refractivity contribution in [2.24, 2.45) is 0 Å². The quantitative estimate of drug-likeness (QED) is 0.822. The Labute approximate surface area is 125 Å². The van der Waals surface area contributed by atoms with E-state index in [0.717, 1.165) is 24.8 Å². The molecule has 0 spiro atoms. The Bertz CT molecular complexity index is 689. The summed E-state index contributed by atoms with van der Waals surface area (Å²) >= 11 is 0. The first-order valence-corrected chi connectivity index (χ1v) is 8.55. The minimum atomic E-state index is -3.63. The highest BCUT2D eigenvalue weighted by molar-refractivity contribution is 7.92. The van der Waals surface area contributed by atoms with Gasteiger partial charge in [0.25, 0.3) is 0 Å². The molecule has 0 aromatic heterocycles. The molecule has 0 heterocycles. The van der Waals surface area contributed by atoms with E-state index < -0.39 is 21.5 Å². The van der Waals surface area contributed by atoms with E-state index in [2.05, 4.69) is 0 Å². The summed E-state index contributed by atoms with van der Waals surface area (Å²) < 4.78 is 24.6. The normalized spacial score (nSPS) is 13.5. The molecular weight excluding hydrogens is 288 g/mol. The van der Waals surface area contributed by atoms with Crippen molar-refractivity contribution in [2.75, 3.05) is 19.3 Å². The van der Waals surface area contributed by atoms with Crippen LogP contribution in [-0.4, -0.2) is 38.6 Å². The zero-order valence-electron chi connectivity index (χ0n) is 12.0. The molecule has 1 aliphatic carbocycles. The molecule has 21 heavy (non-hydrogen) atoms. The molecule has 0 radical (unpaired) electrons. The largest absolute Gasteiger partial charge is 0.344 e. The van der Waals surface area contributed by atoms with Crippen molar-refractivity contribution in [2.45, 2.75) is 30.6 Å². The number of nitriles is 1. The number of benzene rings is 1. The van der Waals surface area contributed by atoms with Crippen molar-refractivity contribution in [3.63, 3.8) is 0 Å². The summed E-state index contributed by atoms with van der Waals surface area (Å²) in [6.07, 6.45) is 3.13. The summed E-state index contributed by atoms with van der Waals surface area (Å²) in [6, 6.07) is 7.06. The highest BCUT2D eigenvalue weighted by atomic mass is 32.2. The van der Waals surface area contributed by atoms with Crippen LogP contribution in [0.4, 0.5) is 0 Å². The van der Waals surface area contributed by atoms with Gasteiger partial charge in [0.1, 0.15) is 5.75 Å². The van der Waals surface area contributed by atoms with Crippen molar-refractivity contribution in [3.8, 4) is 6.07 Å². The Hall–Kier alpha value is -1.87. The number of carbonyl (C=O) groups is 1. The molecule has 0 N–H and O–H groups in total. The van der Waals surface area contributed by atoms with Crippen molar-refractivity contribution in [3.05, 3.63) is 29.3 Å². The highest BCUT2D eigenvalue weighted by Crippen LogP contribution is 2.25. The number of hydrogen-bond donors (Lipinski definition) is 0. The minimum Gasteiger partial charge on any atom is -0.344 e. The van der Waals surface area contributed by atoms with E-state index in [0.29, 0.717) is 0 Å². The Balaban J connectivity index is 2.12. The summed E-state index contributed by atoms with van der Waals surface area (Å²) in [5.74, 6) is -1.03. The first kappa shape index (κ1) is 15.5. The third-order valence-electron chi connectivity index (χ3n) is 3.73. The van der Waals surface area contributed by atoms with Crippen LogP contribution < -0.4 is 0 Å². The van der Waals surface area contributed by atoms with Gasteiger partial charge in [-0.25, -0.2) is 8.42 Å². The van der Waals surface area contributed by atoms with Crippen LogP contribution in [0.15, 0.2) is 23.1 Å². The third-order valence-corrected chi connectivity index (χ3v) is 5.33. The second-order valence-electron chi connectivity index (χ2n) is 5.27. The summed E-state index contributed by atoms with van der Waals surface area (Å²) in [5, 5.41) is 8.49. The van der Waals surface area contributed by atoms with Gasteiger partial charge >= 0.3 is 0 Å². The fourth-order valence-corrected chi connectivity index (χ4v) is 3.75. The lowest BCUT2D eigenvalue weighted by atomic mass is 10.1. The molecule has 0 fully saturated rings. The van der Waals surface area contributed by atoms with E-state index >= 15 is 0 Å². The van der Waals surface area contributed by atoms with Gasteiger partial charge in [-0.05, 0) is 42.5 Å². The first-order valence-electron chi connectivity index (χ1n) is 6.89. The second kappa shape index (κ2) is 6.27. The minimum absolute atomic E-state index is 0.196. The van der Waals surface area contributed by atoms with Crippen LogP contribution >= 0.6 is 0 Å². The lowest BCUT2D eigenvalue weighted by Crippen LogP contribution is -2.33. The Morgan fingerprint density at radius 1 is 1.33 bits per heavy atom. The molecule has 112 valence electrons. The van der Waals surface area contributed by atoms with Gasteiger partial charge in [-0.2, -0.15) is 5.26 Å². The van der Waals surface area contributed by atoms with Gasteiger partial charge in [-0.1, -0.05) is 6.07 Å². The molecule has 5 nitrogen and oxygen atoms in total. The topological polar surface area (TPSA) is 78.2 Å². The van der Waals surface area contributed by atoms with Gasteiger partial charge in [0.15, 0.2) is 9.84 Å². The predicted octanol–water partition coefficient (Wildman–Crippen LogP) is 1.32. The zero-order valence-corrected chi connectivity index (χ0v) is 12.8. The average molecular weight is 306 g/mol. The van der Waals surface area contributed by atoms with Gasteiger partial charge in [0.2, 0.25) is 5.91 Å². The summed E-state index contributed by atoms with van der Waals surface area (Å²) in [6.45, 7) is 0.245. The van der Waals surface area contributed by atoms with Gasteiger partial charge in [-0.3, -0.25) is 4.79 Å². The number of rotatable bonds is 5. The molecule has 1 aliphatic rings. The van der Waals surface area contributed by atoms with Gasteiger partial charge in [0.05, 0.1) is 17.4 Å². The number of aryl methyl sites for hydroxylation is 2. The lowest BCUT2D eigenvalue weighted by Gasteiger charge is -2.15. The molecule has 1 aromatic rings. The molecule has 0 unspecified atom stereocenters. The smallest absolute Gasteiger partial charge is 0.237 e. The molecule has 0 bridgehead atoms. The van der Waals surface area contributed by atoms with Crippen LogP contribution in [0.1, 0.15) is 24.0 Å². The van der Waals surface area contributed by atoms with Gasteiger partial charge in [-0.15, -0.1) is 0 Å². The van der Waals surface area contributed by atoms with E-state index in [4.69, 9.17) is 5.26 Å². The van der Waals surface area contributed by atoms with Crippen LogP contribution in [0.2, 0.25) is 0 Å². The lowest BCUT2D eigenvalue weighted by molar-refractivity contribution is -0.127. The maximum Gasteiger partial charge on any atom is 0.237 e. The zero-order chi connectivity index (χ0) is 15.5. The predicted molar refractivity (Wildman–Crippen MR) is 78.4 cm³/mol. The van der Waals surface area contributed by atoms with Crippen LogP contribution in [0.25, 0.3) is 0 Å². The second-order valence-corrected chi connectivity index (χ2v) is 7.26. The Morgan fingerprint density at radius 3 is 2.76 bits per heavy atom. The molecule has 0 saturated heterocycles. The number of hydrogen-bond acceptors (Lipinski definition) is 4. The third kappa shape index (κ3) is 3.61. The van der Waals surface area contributed by atoms with E-state index in [1.807, 2.05) is 12.1 Å². The molecule has 0 aliphatic heterocycles. The summed E-state index contributed by atoms with van der Waals surface area (Å²) in [4.78, 5) is 13.4. The number of nitrogens with zero attached hydrogens (tertiary/aromatic N) is 2. The fraction of sp³-hybridized carbons (Fsp3) is 0.467. The maximum absolute atomic E-state index is 12.3. The SMILES string of the molecule is CN(CCC#N)C(=O)CS(=O)(=O)c1ccc2c(c1)CCC2. The molecule has 0 atom stereocenters. The fourth-order valence-electron chi connectivity index (χ4n) is 2.44. The molecule has 2 rings (SSSR count). The van der Waals surface area contributed by atoms with Crippen molar-refractivity contribution in [1.29, 1.82) is 5.26 Å². The van der Waals surface area contributed by atoms with Crippen LogP contribution in [0, 0.1) is 11.3 Å².